The summed E-state index contributed by atoms with van der Waals surface area (Å²) in [7, 11) is -2.25. The number of carbonyl (C=O) groups is 4. The third-order valence-electron chi connectivity index (χ3n) is 6.16. The standard InChI is InChI=1S/C24H25N3O7S/c1-15-3-6-18(7-4-15)35(32,33)27-11-9-16(10-12-27)24(31)34-14-21(28)25-17-5-8-19-20(13-17)23(30)26(2)22(19)29/h3-8,13,16H,9-12,14H2,1-2H3,(H,25,28). The predicted molar refractivity (Wildman–Crippen MR) is 125 cm³/mol. The first kappa shape index (κ1) is 24.6. The molecular formula is C24H25N3O7S. The summed E-state index contributed by atoms with van der Waals surface area (Å²) in [6.07, 6.45) is 0.583. The molecule has 0 atom stereocenters. The van der Waals surface area contributed by atoms with E-state index in [-0.39, 0.29) is 29.1 Å². The first-order chi connectivity index (χ1) is 16.6. The molecule has 2 aliphatic heterocycles. The Morgan fingerprint density at radius 1 is 1.00 bits per heavy atom. The third kappa shape index (κ3) is 4.96. The highest BCUT2D eigenvalue weighted by molar-refractivity contribution is 7.89. The minimum absolute atomic E-state index is 0.179. The molecule has 0 aromatic heterocycles. The van der Waals surface area contributed by atoms with Crippen molar-refractivity contribution in [1.29, 1.82) is 0 Å². The third-order valence-corrected chi connectivity index (χ3v) is 8.08. The lowest BCUT2D eigenvalue weighted by Crippen LogP contribution is -2.40. The number of rotatable bonds is 6. The number of nitrogens with one attached hydrogen (secondary N) is 1. The Hall–Kier alpha value is -3.57. The van der Waals surface area contributed by atoms with Gasteiger partial charge in [-0.25, -0.2) is 8.42 Å². The van der Waals surface area contributed by atoms with Gasteiger partial charge in [-0.05, 0) is 50.1 Å². The van der Waals surface area contributed by atoms with Gasteiger partial charge >= 0.3 is 5.97 Å². The van der Waals surface area contributed by atoms with Crippen LogP contribution >= 0.6 is 0 Å². The molecule has 184 valence electrons. The summed E-state index contributed by atoms with van der Waals surface area (Å²) in [5, 5.41) is 2.54. The molecule has 35 heavy (non-hydrogen) atoms. The SMILES string of the molecule is Cc1ccc(S(=O)(=O)N2CCC(C(=O)OCC(=O)Nc3ccc4c(c3)C(=O)N(C)C4=O)CC2)cc1. The number of amides is 3. The summed E-state index contributed by atoms with van der Waals surface area (Å²) < 4.78 is 32.1. The molecule has 2 aliphatic rings. The lowest BCUT2D eigenvalue weighted by Gasteiger charge is -2.30. The van der Waals surface area contributed by atoms with Gasteiger partial charge in [-0.2, -0.15) is 4.31 Å². The van der Waals surface area contributed by atoms with Gasteiger partial charge in [-0.3, -0.25) is 24.1 Å². The molecule has 0 saturated carbocycles. The van der Waals surface area contributed by atoms with Gasteiger partial charge < -0.3 is 10.1 Å². The lowest BCUT2D eigenvalue weighted by atomic mass is 9.98. The summed E-state index contributed by atoms with van der Waals surface area (Å²) in [6.45, 7) is 1.71. The van der Waals surface area contributed by atoms with E-state index in [4.69, 9.17) is 4.74 Å². The van der Waals surface area contributed by atoms with Gasteiger partial charge in [0, 0.05) is 25.8 Å². The molecule has 1 saturated heterocycles. The van der Waals surface area contributed by atoms with E-state index < -0.39 is 46.2 Å². The lowest BCUT2D eigenvalue weighted by molar-refractivity contribution is -0.152. The molecule has 4 rings (SSSR count). The van der Waals surface area contributed by atoms with Gasteiger partial charge in [0.25, 0.3) is 17.7 Å². The number of hydrogen-bond acceptors (Lipinski definition) is 7. The molecule has 1 N–H and O–H groups in total. The van der Waals surface area contributed by atoms with Crippen LogP contribution in [0.3, 0.4) is 0 Å². The minimum atomic E-state index is -3.63. The predicted octanol–water partition coefficient (Wildman–Crippen LogP) is 1.80. The van der Waals surface area contributed by atoms with Crippen molar-refractivity contribution in [2.45, 2.75) is 24.7 Å². The van der Waals surface area contributed by atoms with E-state index in [0.29, 0.717) is 18.5 Å². The number of imide groups is 1. The van der Waals surface area contributed by atoms with Crippen LogP contribution < -0.4 is 5.32 Å². The number of nitrogens with zero attached hydrogens (tertiary/aromatic N) is 2. The van der Waals surface area contributed by atoms with E-state index in [2.05, 4.69) is 5.32 Å². The average Bonchev–Trinajstić information content (AvgIpc) is 3.06. The highest BCUT2D eigenvalue weighted by Gasteiger charge is 2.34. The van der Waals surface area contributed by atoms with E-state index >= 15 is 0 Å². The normalized spacial score (nSPS) is 16.8. The number of aryl methyl sites for hydroxylation is 1. The summed E-state index contributed by atoms with van der Waals surface area (Å²) in [5.74, 6) is -2.53. The number of sulfonamides is 1. The van der Waals surface area contributed by atoms with Gasteiger partial charge in [0.15, 0.2) is 6.61 Å². The van der Waals surface area contributed by atoms with Crippen LogP contribution in [0.25, 0.3) is 0 Å². The fraction of sp³-hybridized carbons (Fsp3) is 0.333. The van der Waals surface area contributed by atoms with Crippen LogP contribution in [-0.2, 0) is 24.3 Å². The van der Waals surface area contributed by atoms with E-state index in [1.807, 2.05) is 6.92 Å². The summed E-state index contributed by atoms with van der Waals surface area (Å²) in [6, 6.07) is 11.0. The molecule has 2 heterocycles. The molecule has 0 spiro atoms. The van der Waals surface area contributed by atoms with Crippen LogP contribution in [0.5, 0.6) is 0 Å². The number of benzene rings is 2. The van der Waals surface area contributed by atoms with Gasteiger partial charge in [0.1, 0.15) is 0 Å². The van der Waals surface area contributed by atoms with Crippen molar-refractivity contribution >= 4 is 39.4 Å². The van der Waals surface area contributed by atoms with Crippen LogP contribution in [0.4, 0.5) is 5.69 Å². The van der Waals surface area contributed by atoms with E-state index in [1.165, 1.54) is 29.6 Å². The molecule has 10 nitrogen and oxygen atoms in total. The van der Waals surface area contributed by atoms with Crippen molar-refractivity contribution in [3.8, 4) is 0 Å². The molecule has 0 unspecified atom stereocenters. The average molecular weight is 500 g/mol. The van der Waals surface area contributed by atoms with Crippen molar-refractivity contribution in [3.05, 3.63) is 59.2 Å². The molecule has 0 aliphatic carbocycles. The van der Waals surface area contributed by atoms with Crippen LogP contribution in [0.15, 0.2) is 47.4 Å². The minimum Gasteiger partial charge on any atom is -0.455 e. The van der Waals surface area contributed by atoms with Crippen molar-refractivity contribution in [2.75, 3.05) is 32.1 Å². The van der Waals surface area contributed by atoms with Gasteiger partial charge in [-0.1, -0.05) is 17.7 Å². The molecule has 1 fully saturated rings. The maximum atomic E-state index is 12.8. The number of hydrogen-bond donors (Lipinski definition) is 1. The smallest absolute Gasteiger partial charge is 0.309 e. The Kier molecular flexibility index (Phi) is 6.73. The van der Waals surface area contributed by atoms with Gasteiger partial charge in [0.2, 0.25) is 10.0 Å². The van der Waals surface area contributed by atoms with E-state index in [0.717, 1.165) is 10.5 Å². The Bertz CT molecular complexity index is 1300. The number of ether oxygens (including phenoxy) is 1. The van der Waals surface area contributed by atoms with Crippen molar-refractivity contribution in [2.24, 2.45) is 5.92 Å². The topological polar surface area (TPSA) is 130 Å². The number of carbonyl (C=O) groups excluding carboxylic acids is 4. The number of piperidine rings is 1. The molecular weight excluding hydrogens is 474 g/mol. The highest BCUT2D eigenvalue weighted by atomic mass is 32.2. The van der Waals surface area contributed by atoms with Crippen LogP contribution in [-0.4, -0.2) is 68.1 Å². The maximum absolute atomic E-state index is 12.8. The van der Waals surface area contributed by atoms with Crippen molar-refractivity contribution < 1.29 is 32.3 Å². The quantitative estimate of drug-likeness (QED) is 0.474. The summed E-state index contributed by atoms with van der Waals surface area (Å²) in [5.41, 5.74) is 1.72. The molecule has 2 aromatic carbocycles. The first-order valence-corrected chi connectivity index (χ1v) is 12.5. The second-order valence-electron chi connectivity index (χ2n) is 8.58. The molecule has 11 heteroatoms. The fourth-order valence-electron chi connectivity index (χ4n) is 4.08. The number of fused-ring (bicyclic) bond motifs is 1. The molecule has 3 amide bonds. The number of anilines is 1. The van der Waals surface area contributed by atoms with Gasteiger partial charge in [0.05, 0.1) is 21.9 Å². The van der Waals surface area contributed by atoms with Crippen LogP contribution in [0.1, 0.15) is 39.1 Å². The monoisotopic (exact) mass is 499 g/mol. The summed E-state index contributed by atoms with van der Waals surface area (Å²) in [4.78, 5) is 49.9. The molecule has 0 bridgehead atoms. The Labute approximate surface area is 202 Å². The van der Waals surface area contributed by atoms with E-state index in [9.17, 15) is 27.6 Å². The van der Waals surface area contributed by atoms with Crippen molar-refractivity contribution in [3.63, 3.8) is 0 Å². The zero-order valence-corrected chi connectivity index (χ0v) is 20.1. The number of esters is 1. The van der Waals surface area contributed by atoms with Crippen molar-refractivity contribution in [1.82, 2.24) is 9.21 Å². The fourth-order valence-corrected chi connectivity index (χ4v) is 5.55. The Morgan fingerprint density at radius 3 is 2.29 bits per heavy atom. The Morgan fingerprint density at radius 2 is 1.63 bits per heavy atom. The first-order valence-electron chi connectivity index (χ1n) is 11.1. The second-order valence-corrected chi connectivity index (χ2v) is 10.5. The molecule has 0 radical (unpaired) electrons. The maximum Gasteiger partial charge on any atom is 0.309 e. The highest BCUT2D eigenvalue weighted by Crippen LogP contribution is 2.26. The zero-order chi connectivity index (χ0) is 25.3. The zero-order valence-electron chi connectivity index (χ0n) is 19.3. The van der Waals surface area contributed by atoms with Crippen LogP contribution in [0, 0.1) is 12.8 Å². The second kappa shape index (κ2) is 9.59. The van der Waals surface area contributed by atoms with E-state index in [1.54, 1.807) is 24.3 Å². The molecule has 2 aromatic rings. The largest absolute Gasteiger partial charge is 0.455 e. The Balaban J connectivity index is 1.27. The van der Waals surface area contributed by atoms with Gasteiger partial charge in [-0.15, -0.1) is 0 Å². The van der Waals surface area contributed by atoms with Crippen LogP contribution in [0.2, 0.25) is 0 Å². The summed E-state index contributed by atoms with van der Waals surface area (Å²) >= 11 is 0.